The topological polar surface area (TPSA) is 44.8 Å². The van der Waals surface area contributed by atoms with Crippen LogP contribution >= 0.6 is 0 Å². The highest BCUT2D eigenvalue weighted by atomic mass is 16.5. The van der Waals surface area contributed by atoms with Crippen molar-refractivity contribution in [2.45, 2.75) is 72.2 Å². The second-order valence-corrected chi connectivity index (χ2v) is 8.36. The van der Waals surface area contributed by atoms with Crippen molar-refractivity contribution in [2.75, 3.05) is 14.2 Å². The Morgan fingerprint density at radius 3 is 2.43 bits per heavy atom. The Bertz CT molecular complexity index is 660. The molecule has 3 atom stereocenters. The molecule has 0 saturated heterocycles. The third-order valence-corrected chi connectivity index (χ3v) is 5.60. The Labute approximate surface area is 170 Å². The number of ether oxygens (including phenoxy) is 3. The molecule has 156 valence electrons. The van der Waals surface area contributed by atoms with E-state index in [1.807, 2.05) is 24.3 Å². The van der Waals surface area contributed by atoms with E-state index in [1.165, 1.54) is 6.42 Å². The number of carbonyl (C=O) groups excluding carboxylic acids is 1. The van der Waals surface area contributed by atoms with Gasteiger partial charge in [0.1, 0.15) is 11.9 Å². The van der Waals surface area contributed by atoms with Crippen LogP contribution in [0.1, 0.15) is 58.9 Å². The summed E-state index contributed by atoms with van der Waals surface area (Å²) in [6.07, 6.45) is 3.31. The van der Waals surface area contributed by atoms with Crippen LogP contribution in [0.2, 0.25) is 0 Å². The molecule has 0 spiro atoms. The maximum absolute atomic E-state index is 12.8. The molecule has 0 bridgehead atoms. The monoisotopic (exact) mass is 388 g/mol. The number of hydrogen-bond donors (Lipinski definition) is 0. The molecule has 0 heterocycles. The lowest BCUT2D eigenvalue weighted by molar-refractivity contribution is -0.131. The fourth-order valence-electron chi connectivity index (χ4n) is 3.95. The maximum atomic E-state index is 12.8. The number of benzene rings is 1. The molecule has 0 aliphatic heterocycles. The normalized spacial score (nSPS) is 24.5. The van der Waals surface area contributed by atoms with Gasteiger partial charge >= 0.3 is 0 Å². The average Bonchev–Trinajstić information content (AvgIpc) is 2.66. The minimum Gasteiger partial charge on any atom is -0.497 e. The number of carbonyl (C=O) groups is 1. The van der Waals surface area contributed by atoms with Crippen molar-refractivity contribution in [2.24, 2.45) is 11.8 Å². The second kappa shape index (κ2) is 10.8. The molecular weight excluding hydrogens is 352 g/mol. The Kier molecular flexibility index (Phi) is 8.71. The predicted molar refractivity (Wildman–Crippen MR) is 113 cm³/mol. The van der Waals surface area contributed by atoms with E-state index in [0.717, 1.165) is 35.3 Å². The first-order valence-electron chi connectivity index (χ1n) is 10.4. The van der Waals surface area contributed by atoms with Gasteiger partial charge in [-0.2, -0.15) is 0 Å². The van der Waals surface area contributed by atoms with Gasteiger partial charge in [0, 0.05) is 19.1 Å². The molecule has 1 aromatic rings. The molecule has 4 heteroatoms. The first-order chi connectivity index (χ1) is 13.4. The van der Waals surface area contributed by atoms with Gasteiger partial charge in [0.25, 0.3) is 0 Å². The lowest BCUT2D eigenvalue weighted by Crippen LogP contribution is -2.45. The fraction of sp³-hybridized carbons (Fsp3) is 0.625. The smallest absolute Gasteiger partial charge is 0.161 e. The number of ketones is 1. The van der Waals surface area contributed by atoms with Gasteiger partial charge in [-0.15, -0.1) is 0 Å². The van der Waals surface area contributed by atoms with Crippen molar-refractivity contribution < 1.29 is 19.0 Å². The van der Waals surface area contributed by atoms with Crippen molar-refractivity contribution in [1.29, 1.82) is 0 Å². The lowest BCUT2D eigenvalue weighted by atomic mass is 9.78. The molecule has 0 aromatic heterocycles. The van der Waals surface area contributed by atoms with E-state index >= 15 is 0 Å². The van der Waals surface area contributed by atoms with Crippen LogP contribution in [0, 0.1) is 11.8 Å². The zero-order chi connectivity index (χ0) is 20.7. The summed E-state index contributed by atoms with van der Waals surface area (Å²) in [5, 5.41) is 0. The van der Waals surface area contributed by atoms with Gasteiger partial charge < -0.3 is 14.2 Å². The summed E-state index contributed by atoms with van der Waals surface area (Å²) in [4.78, 5) is 12.8. The number of Topliss-reactive ketones (excluding diaryl/α,β-unsaturated/α-hetero) is 1. The van der Waals surface area contributed by atoms with E-state index < -0.39 is 0 Å². The molecule has 2 rings (SSSR count). The minimum atomic E-state index is -0.298. The number of hydrogen-bond acceptors (Lipinski definition) is 4. The predicted octanol–water partition coefficient (Wildman–Crippen LogP) is 5.35. The molecular formula is C24H36O4. The Morgan fingerprint density at radius 2 is 1.86 bits per heavy atom. The largest absolute Gasteiger partial charge is 0.497 e. The number of methoxy groups -OCH3 is 2. The van der Waals surface area contributed by atoms with Crippen LogP contribution < -0.4 is 4.74 Å². The third kappa shape index (κ3) is 5.92. The lowest BCUT2D eigenvalue weighted by Gasteiger charge is -2.37. The van der Waals surface area contributed by atoms with Crippen LogP contribution in [0.3, 0.4) is 0 Å². The van der Waals surface area contributed by atoms with Crippen LogP contribution in [0.25, 0.3) is 0 Å². The van der Waals surface area contributed by atoms with E-state index in [2.05, 4.69) is 27.7 Å². The van der Waals surface area contributed by atoms with Gasteiger partial charge in [-0.3, -0.25) is 4.79 Å². The van der Waals surface area contributed by atoms with Gasteiger partial charge in [-0.25, -0.2) is 0 Å². The molecule has 0 N–H and O–H groups in total. The van der Waals surface area contributed by atoms with Crippen LogP contribution in [0.15, 0.2) is 35.4 Å². The van der Waals surface area contributed by atoms with Crippen LogP contribution in [-0.4, -0.2) is 32.2 Å². The van der Waals surface area contributed by atoms with Crippen LogP contribution in [-0.2, 0) is 20.9 Å². The Hall–Kier alpha value is -1.65. The van der Waals surface area contributed by atoms with Crippen LogP contribution in [0.5, 0.6) is 5.75 Å². The molecule has 0 amide bonds. The molecule has 0 radical (unpaired) electrons. The number of allylic oxidation sites excluding steroid dienone is 1. The molecule has 0 unspecified atom stereocenters. The fourth-order valence-corrected chi connectivity index (χ4v) is 3.95. The molecule has 1 fully saturated rings. The van der Waals surface area contributed by atoms with Crippen LogP contribution in [0.4, 0.5) is 0 Å². The van der Waals surface area contributed by atoms with Gasteiger partial charge in [0.05, 0.1) is 19.8 Å². The Balaban J connectivity index is 2.12. The highest BCUT2D eigenvalue weighted by molar-refractivity contribution is 5.98. The zero-order valence-electron chi connectivity index (χ0n) is 18.3. The van der Waals surface area contributed by atoms with E-state index in [-0.39, 0.29) is 23.9 Å². The minimum absolute atomic E-state index is 0.125. The average molecular weight is 389 g/mol. The van der Waals surface area contributed by atoms with Gasteiger partial charge in [0.15, 0.2) is 5.78 Å². The van der Waals surface area contributed by atoms with Crippen molar-refractivity contribution in [3.05, 3.63) is 41.0 Å². The van der Waals surface area contributed by atoms with Crippen molar-refractivity contribution in [3.8, 4) is 5.75 Å². The van der Waals surface area contributed by atoms with Gasteiger partial charge in [0.2, 0.25) is 0 Å². The second-order valence-electron chi connectivity index (χ2n) is 8.36. The summed E-state index contributed by atoms with van der Waals surface area (Å²) < 4.78 is 17.3. The van der Waals surface area contributed by atoms with E-state index in [9.17, 15) is 4.79 Å². The highest BCUT2D eigenvalue weighted by Crippen LogP contribution is 2.34. The summed E-state index contributed by atoms with van der Waals surface area (Å²) in [6.45, 7) is 9.12. The van der Waals surface area contributed by atoms with E-state index in [4.69, 9.17) is 14.2 Å². The van der Waals surface area contributed by atoms with Gasteiger partial charge in [-0.1, -0.05) is 44.9 Å². The van der Waals surface area contributed by atoms with Gasteiger partial charge in [-0.05, 0) is 49.3 Å². The summed E-state index contributed by atoms with van der Waals surface area (Å²) >= 11 is 0. The third-order valence-electron chi connectivity index (χ3n) is 5.60. The maximum Gasteiger partial charge on any atom is 0.161 e. The van der Waals surface area contributed by atoms with E-state index in [0.29, 0.717) is 18.9 Å². The first-order valence-corrected chi connectivity index (χ1v) is 10.4. The Morgan fingerprint density at radius 1 is 1.18 bits per heavy atom. The van der Waals surface area contributed by atoms with Crippen molar-refractivity contribution in [3.63, 3.8) is 0 Å². The standard InChI is InChI=1S/C24H36O4/c1-16(2)8-7-9-17(3)22-21(25)14-18(4)23(24(22)27-6)28-15-19-10-12-20(26-5)13-11-19/h10-13,16,18,23-24H,7-9,14-15H2,1-6H3/t18-,23+,24-/m0/s1. The first kappa shape index (κ1) is 22.6. The summed E-state index contributed by atoms with van der Waals surface area (Å²) in [7, 11) is 3.34. The molecule has 1 aromatic carbocycles. The van der Waals surface area contributed by atoms with Crippen molar-refractivity contribution >= 4 is 5.78 Å². The summed E-state index contributed by atoms with van der Waals surface area (Å²) in [6, 6.07) is 7.88. The van der Waals surface area contributed by atoms with Crippen molar-refractivity contribution in [1.82, 2.24) is 0 Å². The summed E-state index contributed by atoms with van der Waals surface area (Å²) in [5.41, 5.74) is 3.07. The molecule has 1 aliphatic carbocycles. The summed E-state index contributed by atoms with van der Waals surface area (Å²) in [5.74, 6) is 1.85. The highest BCUT2D eigenvalue weighted by Gasteiger charge is 2.40. The molecule has 4 nitrogen and oxygen atoms in total. The molecule has 1 aliphatic rings. The SMILES string of the molecule is COc1ccc(CO[C@@H]2[C@@H](C)CC(=O)C(=C(C)CCCC(C)C)[C@@H]2OC)cc1. The molecule has 28 heavy (non-hydrogen) atoms. The molecule has 1 saturated carbocycles. The quantitative estimate of drug-likeness (QED) is 0.535. The zero-order valence-corrected chi connectivity index (χ0v) is 18.3. The number of rotatable bonds is 9. The van der Waals surface area contributed by atoms with E-state index in [1.54, 1.807) is 14.2 Å².